The average molecular weight is 358 g/mol. The van der Waals surface area contributed by atoms with E-state index in [9.17, 15) is 9.50 Å². The van der Waals surface area contributed by atoms with Gasteiger partial charge in [-0.3, -0.25) is 0 Å². The molecule has 1 atom stereocenters. The molecule has 0 saturated heterocycles. The lowest BCUT2D eigenvalue weighted by Crippen LogP contribution is -2.13. The van der Waals surface area contributed by atoms with Crippen LogP contribution in [0.1, 0.15) is 11.1 Å². The largest absolute Gasteiger partial charge is 0.396 e. The van der Waals surface area contributed by atoms with Crippen molar-refractivity contribution in [2.24, 2.45) is 5.92 Å². The number of halogens is 3. The van der Waals surface area contributed by atoms with E-state index in [1.807, 2.05) is 24.3 Å². The first kappa shape index (κ1) is 15.5. The summed E-state index contributed by atoms with van der Waals surface area (Å²) in [7, 11) is 0. The smallest absolute Gasteiger partial charge is 0.142 e. The van der Waals surface area contributed by atoms with Gasteiger partial charge in [-0.2, -0.15) is 0 Å². The quantitative estimate of drug-likeness (QED) is 0.827. The minimum absolute atomic E-state index is 0.00741. The van der Waals surface area contributed by atoms with E-state index in [0.717, 1.165) is 15.6 Å². The molecule has 0 fully saturated rings. The van der Waals surface area contributed by atoms with Crippen LogP contribution < -0.4 is 0 Å². The molecule has 106 valence electrons. The highest BCUT2D eigenvalue weighted by molar-refractivity contribution is 9.10. The molecule has 0 amide bonds. The Bertz CT molecular complexity index is 588. The maximum Gasteiger partial charge on any atom is 0.142 e. The van der Waals surface area contributed by atoms with E-state index >= 15 is 0 Å². The van der Waals surface area contributed by atoms with E-state index in [4.69, 9.17) is 11.6 Å². The lowest BCUT2D eigenvalue weighted by Gasteiger charge is -2.16. The molecule has 0 radical (unpaired) electrons. The van der Waals surface area contributed by atoms with Crippen LogP contribution in [0.4, 0.5) is 4.39 Å². The lowest BCUT2D eigenvalue weighted by atomic mass is 9.93. The van der Waals surface area contributed by atoms with Gasteiger partial charge < -0.3 is 5.11 Å². The van der Waals surface area contributed by atoms with Gasteiger partial charge in [-0.1, -0.05) is 57.9 Å². The molecule has 1 nitrogen and oxygen atoms in total. The number of aliphatic hydroxyl groups excluding tert-OH is 1. The van der Waals surface area contributed by atoms with Gasteiger partial charge in [-0.05, 0) is 42.0 Å². The predicted octanol–water partition coefficient (Wildman–Crippen LogP) is 4.64. The zero-order valence-electron chi connectivity index (χ0n) is 10.8. The molecule has 4 heteroatoms. The van der Waals surface area contributed by atoms with Gasteiger partial charge in [0.2, 0.25) is 0 Å². The van der Waals surface area contributed by atoms with Crippen LogP contribution in [0.3, 0.4) is 0 Å². The Labute approximate surface area is 131 Å². The fourth-order valence-corrected chi connectivity index (χ4v) is 2.84. The summed E-state index contributed by atoms with van der Waals surface area (Å²) in [4.78, 5) is 0. The van der Waals surface area contributed by atoms with Crippen molar-refractivity contribution in [3.63, 3.8) is 0 Å². The summed E-state index contributed by atoms with van der Waals surface area (Å²) in [6.45, 7) is 0.0359. The Balaban J connectivity index is 2.14. The zero-order valence-corrected chi connectivity index (χ0v) is 13.2. The topological polar surface area (TPSA) is 20.2 Å². The summed E-state index contributed by atoms with van der Waals surface area (Å²) in [6.07, 6.45) is 1.26. The Kier molecular flexibility index (Phi) is 5.58. The molecule has 2 aromatic carbocycles. The monoisotopic (exact) mass is 356 g/mol. The predicted molar refractivity (Wildman–Crippen MR) is 83.5 cm³/mol. The van der Waals surface area contributed by atoms with Gasteiger partial charge >= 0.3 is 0 Å². The van der Waals surface area contributed by atoms with Crippen molar-refractivity contribution >= 4 is 27.5 Å². The maximum absolute atomic E-state index is 13.4. The van der Waals surface area contributed by atoms with E-state index in [0.29, 0.717) is 12.8 Å². The van der Waals surface area contributed by atoms with Crippen molar-refractivity contribution in [1.29, 1.82) is 0 Å². The molecule has 0 bridgehead atoms. The highest BCUT2D eigenvalue weighted by Crippen LogP contribution is 2.25. The van der Waals surface area contributed by atoms with Gasteiger partial charge in [0.1, 0.15) is 5.82 Å². The van der Waals surface area contributed by atoms with Crippen LogP contribution in [0.15, 0.2) is 46.9 Å². The zero-order chi connectivity index (χ0) is 14.5. The maximum atomic E-state index is 13.4. The van der Waals surface area contributed by atoms with E-state index in [1.54, 1.807) is 12.1 Å². The first-order valence-electron chi connectivity index (χ1n) is 6.39. The fourth-order valence-electron chi connectivity index (χ4n) is 2.19. The average Bonchev–Trinajstić information content (AvgIpc) is 2.45. The number of aliphatic hydroxyl groups is 1. The Morgan fingerprint density at radius 1 is 1.05 bits per heavy atom. The summed E-state index contributed by atoms with van der Waals surface area (Å²) in [5.74, 6) is -0.408. The van der Waals surface area contributed by atoms with Crippen LogP contribution in [-0.4, -0.2) is 11.7 Å². The van der Waals surface area contributed by atoms with Crippen molar-refractivity contribution in [2.45, 2.75) is 12.8 Å². The summed E-state index contributed by atoms with van der Waals surface area (Å²) >= 11 is 9.46. The molecular weight excluding hydrogens is 343 g/mol. The summed E-state index contributed by atoms with van der Waals surface area (Å²) in [5.41, 5.74) is 1.86. The second kappa shape index (κ2) is 7.21. The van der Waals surface area contributed by atoms with Crippen LogP contribution >= 0.6 is 27.5 Å². The first-order valence-corrected chi connectivity index (χ1v) is 7.56. The molecule has 0 aliphatic heterocycles. The van der Waals surface area contributed by atoms with E-state index in [1.165, 1.54) is 6.07 Å². The second-order valence-corrected chi connectivity index (χ2v) is 5.99. The van der Waals surface area contributed by atoms with Crippen LogP contribution in [0.25, 0.3) is 0 Å². The highest BCUT2D eigenvalue weighted by atomic mass is 79.9. The van der Waals surface area contributed by atoms with Crippen molar-refractivity contribution in [3.05, 3.63) is 68.9 Å². The summed E-state index contributed by atoms with van der Waals surface area (Å²) in [6, 6.07) is 12.7. The van der Waals surface area contributed by atoms with Gasteiger partial charge in [0, 0.05) is 11.1 Å². The lowest BCUT2D eigenvalue weighted by molar-refractivity contribution is 0.225. The molecule has 1 N–H and O–H groups in total. The van der Waals surface area contributed by atoms with Gasteiger partial charge in [-0.15, -0.1) is 0 Å². The molecule has 2 rings (SSSR count). The molecule has 0 heterocycles. The highest BCUT2D eigenvalue weighted by Gasteiger charge is 2.14. The van der Waals surface area contributed by atoms with Crippen molar-refractivity contribution in [2.75, 3.05) is 6.61 Å². The minimum atomic E-state index is -0.415. The second-order valence-electron chi connectivity index (χ2n) is 4.76. The van der Waals surface area contributed by atoms with E-state index in [-0.39, 0.29) is 17.5 Å². The van der Waals surface area contributed by atoms with Crippen LogP contribution in [0.2, 0.25) is 5.02 Å². The Morgan fingerprint density at radius 2 is 1.70 bits per heavy atom. The van der Waals surface area contributed by atoms with Gasteiger partial charge in [0.05, 0.1) is 5.02 Å². The molecule has 0 aromatic heterocycles. The van der Waals surface area contributed by atoms with Crippen LogP contribution in [0.5, 0.6) is 0 Å². The van der Waals surface area contributed by atoms with E-state index in [2.05, 4.69) is 15.9 Å². The van der Waals surface area contributed by atoms with Crippen molar-refractivity contribution in [3.8, 4) is 0 Å². The fraction of sp³-hybridized carbons (Fsp3) is 0.250. The molecule has 20 heavy (non-hydrogen) atoms. The van der Waals surface area contributed by atoms with Gasteiger partial charge in [0.25, 0.3) is 0 Å². The number of hydrogen-bond acceptors (Lipinski definition) is 1. The molecular formula is C16H15BrClFO. The minimum Gasteiger partial charge on any atom is -0.396 e. The molecule has 0 aliphatic carbocycles. The number of hydrogen-bond donors (Lipinski definition) is 1. The third-order valence-electron chi connectivity index (χ3n) is 3.26. The molecule has 0 saturated carbocycles. The van der Waals surface area contributed by atoms with Crippen molar-refractivity contribution in [1.82, 2.24) is 0 Å². The normalized spacial score (nSPS) is 12.4. The van der Waals surface area contributed by atoms with Crippen LogP contribution in [0, 0.1) is 11.7 Å². The third kappa shape index (κ3) is 3.81. The molecule has 1 unspecified atom stereocenters. The molecule has 0 spiro atoms. The number of benzene rings is 2. The Morgan fingerprint density at radius 3 is 2.40 bits per heavy atom. The third-order valence-corrected chi connectivity index (χ3v) is 4.46. The molecule has 2 aromatic rings. The number of rotatable bonds is 5. The van der Waals surface area contributed by atoms with E-state index < -0.39 is 5.82 Å². The SMILES string of the molecule is OCC(Cc1ccccc1Br)Cc1cccc(F)c1Cl. The van der Waals surface area contributed by atoms with Gasteiger partial charge in [-0.25, -0.2) is 4.39 Å². The summed E-state index contributed by atoms with van der Waals surface area (Å²) < 4.78 is 14.4. The first-order chi connectivity index (χ1) is 9.61. The standard InChI is InChI=1S/C16H15BrClFO/c17-14-6-2-1-4-12(14)8-11(10-20)9-13-5-3-7-15(19)16(13)18/h1-7,11,20H,8-10H2. The Hall–Kier alpha value is -0.900. The van der Waals surface area contributed by atoms with Crippen molar-refractivity contribution < 1.29 is 9.50 Å². The summed E-state index contributed by atoms with van der Waals surface area (Å²) in [5, 5.41) is 9.70. The molecule has 0 aliphatic rings. The van der Waals surface area contributed by atoms with Crippen LogP contribution in [-0.2, 0) is 12.8 Å². The van der Waals surface area contributed by atoms with Gasteiger partial charge in [0.15, 0.2) is 0 Å².